The van der Waals surface area contributed by atoms with Gasteiger partial charge in [0.05, 0.1) is 17.8 Å². The van der Waals surface area contributed by atoms with Crippen molar-refractivity contribution >= 4 is 29.0 Å². The van der Waals surface area contributed by atoms with Crippen LogP contribution < -0.4 is 15.4 Å². The molecule has 0 radical (unpaired) electrons. The molecule has 1 unspecified atom stereocenters. The molecular formula is C21H25ClN2O3. The van der Waals surface area contributed by atoms with Gasteiger partial charge in [-0.2, -0.15) is 0 Å². The van der Waals surface area contributed by atoms with E-state index in [1.54, 1.807) is 25.3 Å². The normalized spacial score (nSPS) is 19.6. The third kappa shape index (κ3) is 3.88. The number of ether oxygens (including phenoxy) is 1. The number of dihydropyridines is 1. The zero-order chi connectivity index (χ0) is 19.6. The van der Waals surface area contributed by atoms with Gasteiger partial charge >= 0.3 is 0 Å². The second-order valence-electron chi connectivity index (χ2n) is 6.97. The second-order valence-corrected chi connectivity index (χ2v) is 7.38. The average molecular weight is 389 g/mol. The van der Waals surface area contributed by atoms with Crippen LogP contribution in [0.25, 0.3) is 0 Å². The van der Waals surface area contributed by atoms with E-state index in [4.69, 9.17) is 16.3 Å². The molecule has 1 atom stereocenters. The molecular weight excluding hydrogens is 364 g/mol. The van der Waals surface area contributed by atoms with E-state index >= 15 is 0 Å². The van der Waals surface area contributed by atoms with E-state index in [0.717, 1.165) is 42.7 Å². The number of halogens is 1. The predicted molar refractivity (Wildman–Crippen MR) is 107 cm³/mol. The van der Waals surface area contributed by atoms with Crippen molar-refractivity contribution in [2.75, 3.05) is 12.4 Å². The Morgan fingerprint density at radius 2 is 2.15 bits per heavy atom. The van der Waals surface area contributed by atoms with Gasteiger partial charge in [0.2, 0.25) is 0 Å². The highest BCUT2D eigenvalue weighted by molar-refractivity contribution is 6.34. The van der Waals surface area contributed by atoms with Crippen molar-refractivity contribution in [1.82, 2.24) is 5.32 Å². The molecule has 0 aromatic heterocycles. The van der Waals surface area contributed by atoms with Gasteiger partial charge in [-0.3, -0.25) is 9.59 Å². The van der Waals surface area contributed by atoms with Gasteiger partial charge in [-0.25, -0.2) is 0 Å². The van der Waals surface area contributed by atoms with E-state index in [-0.39, 0.29) is 17.6 Å². The first-order chi connectivity index (χ1) is 13.0. The van der Waals surface area contributed by atoms with E-state index in [2.05, 4.69) is 17.6 Å². The maximum Gasteiger partial charge on any atom is 0.254 e. The molecule has 0 saturated heterocycles. The molecule has 1 amide bonds. The lowest BCUT2D eigenvalue weighted by atomic mass is 9.76. The summed E-state index contributed by atoms with van der Waals surface area (Å²) in [5, 5.41) is 6.65. The van der Waals surface area contributed by atoms with Gasteiger partial charge in [0.25, 0.3) is 5.91 Å². The zero-order valence-electron chi connectivity index (χ0n) is 15.9. The molecule has 0 bridgehead atoms. The van der Waals surface area contributed by atoms with E-state index < -0.39 is 0 Å². The third-order valence-electron chi connectivity index (χ3n) is 5.14. The standard InChI is InChI=1S/C21H25ClN2O3/c1-4-6-14-19(12(2)23-16-7-5-8-18(25)20(14)16)21(26)24-17-11-13(27-3)9-10-15(17)22/h9-11,14,23H,4-8H2,1-3H3,(H,24,26). The summed E-state index contributed by atoms with van der Waals surface area (Å²) < 4.78 is 5.22. The Hall–Kier alpha value is -2.27. The highest BCUT2D eigenvalue weighted by Crippen LogP contribution is 2.39. The second kappa shape index (κ2) is 8.17. The molecule has 1 heterocycles. The third-order valence-corrected chi connectivity index (χ3v) is 5.47. The van der Waals surface area contributed by atoms with Crippen molar-refractivity contribution in [2.24, 2.45) is 5.92 Å². The Kier molecular flexibility index (Phi) is 5.90. The van der Waals surface area contributed by atoms with Crippen molar-refractivity contribution in [3.63, 3.8) is 0 Å². The fourth-order valence-corrected chi connectivity index (χ4v) is 4.08. The number of rotatable bonds is 5. The molecule has 2 N–H and O–H groups in total. The van der Waals surface area contributed by atoms with E-state index in [9.17, 15) is 9.59 Å². The minimum Gasteiger partial charge on any atom is -0.497 e. The number of carbonyl (C=O) groups is 2. The summed E-state index contributed by atoms with van der Waals surface area (Å²) in [4.78, 5) is 25.7. The molecule has 144 valence electrons. The van der Waals surface area contributed by atoms with E-state index in [1.807, 2.05) is 6.92 Å². The fourth-order valence-electron chi connectivity index (χ4n) is 3.92. The van der Waals surface area contributed by atoms with Crippen LogP contribution in [0.2, 0.25) is 5.02 Å². The van der Waals surface area contributed by atoms with Crippen molar-refractivity contribution in [3.05, 3.63) is 45.8 Å². The van der Waals surface area contributed by atoms with Crippen LogP contribution in [0.5, 0.6) is 5.75 Å². The SMILES string of the molecule is CCCC1C(C(=O)Nc2cc(OC)ccc2Cl)=C(C)NC2=C1C(=O)CCC2. The van der Waals surface area contributed by atoms with Crippen molar-refractivity contribution in [3.8, 4) is 5.75 Å². The Balaban J connectivity index is 1.94. The minimum absolute atomic E-state index is 0.152. The van der Waals surface area contributed by atoms with E-state index in [1.165, 1.54) is 0 Å². The number of benzene rings is 1. The fraction of sp³-hybridized carbons (Fsp3) is 0.429. The summed E-state index contributed by atoms with van der Waals surface area (Å²) in [6.07, 6.45) is 3.92. The van der Waals surface area contributed by atoms with Gasteiger partial charge in [-0.05, 0) is 38.3 Å². The summed E-state index contributed by atoms with van der Waals surface area (Å²) in [5.41, 5.74) is 3.68. The number of anilines is 1. The monoisotopic (exact) mass is 388 g/mol. The van der Waals surface area contributed by atoms with Crippen LogP contribution >= 0.6 is 11.6 Å². The van der Waals surface area contributed by atoms with Gasteiger partial charge in [0, 0.05) is 40.9 Å². The van der Waals surface area contributed by atoms with Crippen LogP contribution in [-0.2, 0) is 9.59 Å². The highest BCUT2D eigenvalue weighted by Gasteiger charge is 2.36. The number of carbonyl (C=O) groups excluding carboxylic acids is 2. The molecule has 0 spiro atoms. The lowest BCUT2D eigenvalue weighted by molar-refractivity contribution is -0.116. The van der Waals surface area contributed by atoms with Crippen LogP contribution in [0.1, 0.15) is 46.0 Å². The summed E-state index contributed by atoms with van der Waals surface area (Å²) in [7, 11) is 1.56. The molecule has 2 aliphatic rings. The van der Waals surface area contributed by atoms with Crippen molar-refractivity contribution in [1.29, 1.82) is 0 Å². The molecule has 1 aromatic carbocycles. The molecule has 0 fully saturated rings. The largest absolute Gasteiger partial charge is 0.497 e. The minimum atomic E-state index is -0.237. The van der Waals surface area contributed by atoms with Gasteiger partial charge in [-0.15, -0.1) is 0 Å². The number of allylic oxidation sites excluding steroid dienone is 3. The first-order valence-electron chi connectivity index (χ1n) is 9.35. The molecule has 1 aliphatic carbocycles. The molecule has 1 aliphatic heterocycles. The number of hydrogen-bond acceptors (Lipinski definition) is 4. The van der Waals surface area contributed by atoms with Crippen LogP contribution in [0.3, 0.4) is 0 Å². The van der Waals surface area contributed by atoms with Crippen LogP contribution in [0, 0.1) is 5.92 Å². The van der Waals surface area contributed by atoms with Crippen LogP contribution in [0.15, 0.2) is 40.7 Å². The summed E-state index contributed by atoms with van der Waals surface area (Å²) in [6.45, 7) is 3.97. The van der Waals surface area contributed by atoms with Gasteiger partial charge < -0.3 is 15.4 Å². The quantitative estimate of drug-likeness (QED) is 0.774. The topological polar surface area (TPSA) is 67.4 Å². The Bertz CT molecular complexity index is 842. The van der Waals surface area contributed by atoms with Crippen molar-refractivity contribution in [2.45, 2.75) is 46.0 Å². The van der Waals surface area contributed by atoms with Crippen molar-refractivity contribution < 1.29 is 14.3 Å². The summed E-state index contributed by atoms with van der Waals surface area (Å²) in [6, 6.07) is 5.12. The maximum atomic E-state index is 13.2. The smallest absolute Gasteiger partial charge is 0.254 e. The number of Topliss-reactive ketones (excluding diaryl/α,β-unsaturated/α-hetero) is 1. The van der Waals surface area contributed by atoms with Crippen LogP contribution in [-0.4, -0.2) is 18.8 Å². The molecule has 1 aromatic rings. The van der Waals surface area contributed by atoms with Gasteiger partial charge in [-0.1, -0.05) is 24.9 Å². The Morgan fingerprint density at radius 1 is 1.37 bits per heavy atom. The molecule has 3 rings (SSSR count). The molecule has 27 heavy (non-hydrogen) atoms. The molecule has 6 heteroatoms. The van der Waals surface area contributed by atoms with Crippen LogP contribution in [0.4, 0.5) is 5.69 Å². The predicted octanol–water partition coefficient (Wildman–Crippen LogP) is 4.59. The first-order valence-corrected chi connectivity index (χ1v) is 9.73. The first kappa shape index (κ1) is 19.5. The average Bonchev–Trinajstić information content (AvgIpc) is 2.63. The van der Waals surface area contributed by atoms with E-state index in [0.29, 0.717) is 28.5 Å². The Morgan fingerprint density at radius 3 is 2.85 bits per heavy atom. The number of methoxy groups -OCH3 is 1. The lowest BCUT2D eigenvalue weighted by Crippen LogP contribution is -2.36. The van der Waals surface area contributed by atoms with Gasteiger partial charge in [0.15, 0.2) is 5.78 Å². The zero-order valence-corrected chi connectivity index (χ0v) is 16.7. The number of hydrogen-bond donors (Lipinski definition) is 2. The molecule has 0 saturated carbocycles. The lowest BCUT2D eigenvalue weighted by Gasteiger charge is -2.34. The number of amides is 1. The maximum absolute atomic E-state index is 13.2. The molecule has 5 nitrogen and oxygen atoms in total. The number of nitrogens with one attached hydrogen (secondary N) is 2. The van der Waals surface area contributed by atoms with Gasteiger partial charge in [0.1, 0.15) is 5.75 Å². The number of ketones is 1. The summed E-state index contributed by atoms with van der Waals surface area (Å²) >= 11 is 6.24. The highest BCUT2D eigenvalue weighted by atomic mass is 35.5. The summed E-state index contributed by atoms with van der Waals surface area (Å²) in [5.74, 6) is 0.348. The Labute approximate surface area is 164 Å².